The van der Waals surface area contributed by atoms with Crippen molar-refractivity contribution in [2.24, 2.45) is 5.92 Å². The molecule has 0 saturated heterocycles. The summed E-state index contributed by atoms with van der Waals surface area (Å²) in [6, 6.07) is 2.06. The zero-order valence-corrected chi connectivity index (χ0v) is 8.28. The minimum atomic E-state index is -0.0942. The number of thioether (sulfide) groups is 1. The first-order valence-electron chi connectivity index (χ1n) is 3.86. The molecule has 3 nitrogen and oxygen atoms in total. The van der Waals surface area contributed by atoms with Crippen molar-refractivity contribution in [3.63, 3.8) is 0 Å². The van der Waals surface area contributed by atoms with Gasteiger partial charge in [0, 0.05) is 18.7 Å². The van der Waals surface area contributed by atoms with Gasteiger partial charge in [-0.3, -0.25) is 4.79 Å². The van der Waals surface area contributed by atoms with Crippen LogP contribution >= 0.6 is 11.8 Å². The lowest BCUT2D eigenvalue weighted by atomic mass is 10.2. The lowest BCUT2D eigenvalue weighted by Crippen LogP contribution is -2.27. The van der Waals surface area contributed by atoms with Crippen molar-refractivity contribution >= 4 is 17.7 Å². The van der Waals surface area contributed by atoms with Crippen LogP contribution in [0.15, 0.2) is 0 Å². The van der Waals surface area contributed by atoms with Crippen molar-refractivity contribution in [3.8, 4) is 6.07 Å². The van der Waals surface area contributed by atoms with Crippen LogP contribution in [0.25, 0.3) is 0 Å². The lowest BCUT2D eigenvalue weighted by Gasteiger charge is -2.04. The Hall–Kier alpha value is -0.690. The van der Waals surface area contributed by atoms with Gasteiger partial charge in [-0.1, -0.05) is 0 Å². The van der Waals surface area contributed by atoms with Gasteiger partial charge < -0.3 is 5.32 Å². The van der Waals surface area contributed by atoms with Crippen molar-refractivity contribution in [1.29, 1.82) is 5.26 Å². The molecule has 1 N–H and O–H groups in total. The van der Waals surface area contributed by atoms with Gasteiger partial charge in [0.1, 0.15) is 0 Å². The second kappa shape index (κ2) is 6.99. The van der Waals surface area contributed by atoms with E-state index in [1.165, 1.54) is 0 Å². The molecule has 1 unspecified atom stereocenters. The van der Waals surface area contributed by atoms with Crippen LogP contribution in [0.1, 0.15) is 13.3 Å². The largest absolute Gasteiger partial charge is 0.355 e. The highest BCUT2D eigenvalue weighted by atomic mass is 32.2. The van der Waals surface area contributed by atoms with Crippen molar-refractivity contribution in [2.45, 2.75) is 13.3 Å². The molecule has 0 heterocycles. The maximum atomic E-state index is 11.0. The molecule has 0 aliphatic carbocycles. The Balaban J connectivity index is 3.39. The number of hydrogen-bond donors (Lipinski definition) is 1. The quantitative estimate of drug-likeness (QED) is 0.697. The lowest BCUT2D eigenvalue weighted by molar-refractivity contribution is -0.120. The third-order valence-electron chi connectivity index (χ3n) is 1.36. The SMILES string of the molecule is CSCCC(=O)NCC(C)C#N. The number of carbonyl (C=O) groups is 1. The second-order valence-corrected chi connectivity index (χ2v) is 3.56. The number of nitrogens with one attached hydrogen (secondary N) is 1. The number of nitriles is 1. The Morgan fingerprint density at radius 3 is 2.92 bits per heavy atom. The molecular formula is C8H14N2OS. The Morgan fingerprint density at radius 2 is 2.42 bits per heavy atom. The zero-order chi connectivity index (χ0) is 9.40. The maximum absolute atomic E-state index is 11.0. The third-order valence-corrected chi connectivity index (χ3v) is 1.97. The summed E-state index contributed by atoms with van der Waals surface area (Å²) in [6.45, 7) is 2.25. The van der Waals surface area contributed by atoms with E-state index in [-0.39, 0.29) is 11.8 Å². The summed E-state index contributed by atoms with van der Waals surface area (Å²) in [5, 5.41) is 11.1. The molecule has 0 aliphatic heterocycles. The molecule has 0 aliphatic rings. The molecule has 1 atom stereocenters. The highest BCUT2D eigenvalue weighted by Crippen LogP contribution is 1.95. The van der Waals surface area contributed by atoms with Gasteiger partial charge in [-0.25, -0.2) is 0 Å². The summed E-state index contributed by atoms with van der Waals surface area (Å²) in [5.41, 5.74) is 0. The molecule has 0 bridgehead atoms. The van der Waals surface area contributed by atoms with E-state index in [1.807, 2.05) is 6.26 Å². The number of rotatable bonds is 5. The summed E-state index contributed by atoms with van der Waals surface area (Å²) in [4.78, 5) is 11.0. The first-order chi connectivity index (χ1) is 5.70. The van der Waals surface area contributed by atoms with Gasteiger partial charge in [-0.2, -0.15) is 17.0 Å². The van der Waals surface area contributed by atoms with Crippen LogP contribution in [0.3, 0.4) is 0 Å². The van der Waals surface area contributed by atoms with Gasteiger partial charge in [0.2, 0.25) is 5.91 Å². The first kappa shape index (κ1) is 11.3. The van der Waals surface area contributed by atoms with Gasteiger partial charge in [-0.15, -0.1) is 0 Å². The van der Waals surface area contributed by atoms with Crippen molar-refractivity contribution in [1.82, 2.24) is 5.32 Å². The monoisotopic (exact) mass is 186 g/mol. The number of amides is 1. The first-order valence-corrected chi connectivity index (χ1v) is 5.25. The fraction of sp³-hybridized carbons (Fsp3) is 0.750. The highest BCUT2D eigenvalue weighted by Gasteiger charge is 2.02. The Labute approximate surface area is 77.5 Å². The Kier molecular flexibility index (Phi) is 6.58. The van der Waals surface area contributed by atoms with Crippen LogP contribution in [-0.2, 0) is 4.79 Å². The molecular weight excluding hydrogens is 172 g/mol. The molecule has 68 valence electrons. The van der Waals surface area contributed by atoms with Crippen LogP contribution in [0, 0.1) is 17.2 Å². The van der Waals surface area contributed by atoms with E-state index in [4.69, 9.17) is 5.26 Å². The van der Waals surface area contributed by atoms with E-state index in [1.54, 1.807) is 18.7 Å². The minimum absolute atomic E-state index is 0.0337. The van der Waals surface area contributed by atoms with E-state index >= 15 is 0 Å². The normalized spacial score (nSPS) is 11.8. The van der Waals surface area contributed by atoms with E-state index in [0.717, 1.165) is 5.75 Å². The smallest absolute Gasteiger partial charge is 0.220 e. The molecule has 0 rings (SSSR count). The van der Waals surface area contributed by atoms with Crippen LogP contribution in [0.4, 0.5) is 0 Å². The van der Waals surface area contributed by atoms with E-state index in [2.05, 4.69) is 11.4 Å². The van der Waals surface area contributed by atoms with Gasteiger partial charge in [0.25, 0.3) is 0 Å². The molecule has 0 spiro atoms. The molecule has 0 fully saturated rings. The number of nitrogens with zero attached hydrogens (tertiary/aromatic N) is 1. The van der Waals surface area contributed by atoms with E-state index < -0.39 is 0 Å². The average Bonchev–Trinajstić information content (AvgIpc) is 2.10. The predicted octanol–water partition coefficient (Wildman–Crippen LogP) is 1.02. The number of hydrogen-bond acceptors (Lipinski definition) is 3. The molecule has 0 aromatic heterocycles. The summed E-state index contributed by atoms with van der Waals surface area (Å²) >= 11 is 1.64. The molecule has 0 saturated carbocycles. The summed E-state index contributed by atoms with van der Waals surface area (Å²) in [6.07, 6.45) is 2.50. The van der Waals surface area contributed by atoms with E-state index in [0.29, 0.717) is 13.0 Å². The predicted molar refractivity (Wildman–Crippen MR) is 50.8 cm³/mol. The molecule has 0 aromatic rings. The molecule has 12 heavy (non-hydrogen) atoms. The average molecular weight is 186 g/mol. The number of carbonyl (C=O) groups excluding carboxylic acids is 1. The van der Waals surface area contributed by atoms with Gasteiger partial charge in [-0.05, 0) is 13.2 Å². The van der Waals surface area contributed by atoms with Gasteiger partial charge >= 0.3 is 0 Å². The Morgan fingerprint density at radius 1 is 1.75 bits per heavy atom. The van der Waals surface area contributed by atoms with Crippen LogP contribution in [0.5, 0.6) is 0 Å². The van der Waals surface area contributed by atoms with Crippen LogP contribution in [-0.4, -0.2) is 24.5 Å². The standard InChI is InChI=1S/C8H14N2OS/c1-7(5-9)6-10-8(11)3-4-12-2/h7H,3-4,6H2,1-2H3,(H,10,11). The van der Waals surface area contributed by atoms with Crippen LogP contribution in [0.2, 0.25) is 0 Å². The third kappa shape index (κ3) is 6.05. The van der Waals surface area contributed by atoms with Crippen molar-refractivity contribution in [3.05, 3.63) is 0 Å². The van der Waals surface area contributed by atoms with Gasteiger partial charge in [0.05, 0.1) is 12.0 Å². The van der Waals surface area contributed by atoms with Crippen LogP contribution < -0.4 is 5.32 Å². The highest BCUT2D eigenvalue weighted by molar-refractivity contribution is 7.98. The van der Waals surface area contributed by atoms with E-state index in [9.17, 15) is 4.79 Å². The summed E-state index contributed by atoms with van der Waals surface area (Å²) < 4.78 is 0. The maximum Gasteiger partial charge on any atom is 0.220 e. The second-order valence-electron chi connectivity index (χ2n) is 2.58. The van der Waals surface area contributed by atoms with Crippen molar-refractivity contribution < 1.29 is 4.79 Å². The fourth-order valence-corrected chi connectivity index (χ4v) is 0.985. The molecule has 4 heteroatoms. The fourth-order valence-electron chi connectivity index (χ4n) is 0.596. The molecule has 1 amide bonds. The topological polar surface area (TPSA) is 52.9 Å². The van der Waals surface area contributed by atoms with Crippen molar-refractivity contribution in [2.75, 3.05) is 18.6 Å². The molecule has 0 aromatic carbocycles. The van der Waals surface area contributed by atoms with Gasteiger partial charge in [0.15, 0.2) is 0 Å². The zero-order valence-electron chi connectivity index (χ0n) is 7.46. The summed E-state index contributed by atoms with van der Waals surface area (Å²) in [7, 11) is 0. The summed E-state index contributed by atoms with van der Waals surface area (Å²) in [5.74, 6) is 0.780. The molecule has 0 radical (unpaired) electrons. The Bertz CT molecular complexity index is 176. The minimum Gasteiger partial charge on any atom is -0.355 e.